The van der Waals surface area contributed by atoms with Gasteiger partial charge in [0.15, 0.2) is 11.6 Å². The number of carbonyl (C=O) groups excluding carboxylic acids is 1. The van der Waals surface area contributed by atoms with Crippen molar-refractivity contribution in [3.05, 3.63) is 53.7 Å². The van der Waals surface area contributed by atoms with Gasteiger partial charge in [-0.05, 0) is 32.3 Å². The summed E-state index contributed by atoms with van der Waals surface area (Å²) in [5.41, 5.74) is 0.605. The number of carbonyl (C=O) groups is 1. The van der Waals surface area contributed by atoms with Crippen LogP contribution in [0.2, 0.25) is 0 Å². The van der Waals surface area contributed by atoms with Crippen LogP contribution >= 0.6 is 0 Å². The Morgan fingerprint density at radius 2 is 2.11 bits per heavy atom. The molecular weight excluding hydrogens is 366 g/mol. The van der Waals surface area contributed by atoms with E-state index in [4.69, 9.17) is 4.74 Å². The molecule has 0 radical (unpaired) electrons. The van der Waals surface area contributed by atoms with E-state index < -0.39 is 11.6 Å². The molecule has 2 aromatic rings. The lowest BCUT2D eigenvalue weighted by molar-refractivity contribution is -0.122. The largest absolute Gasteiger partial charge is 0.436 e. The van der Waals surface area contributed by atoms with Crippen LogP contribution < -0.4 is 10.1 Å². The zero-order valence-corrected chi connectivity index (χ0v) is 16.0. The summed E-state index contributed by atoms with van der Waals surface area (Å²) in [4.78, 5) is 20.9. The van der Waals surface area contributed by atoms with Gasteiger partial charge in [-0.25, -0.2) is 13.8 Å². The summed E-state index contributed by atoms with van der Waals surface area (Å²) in [5, 5.41) is 2.87. The summed E-state index contributed by atoms with van der Waals surface area (Å²) in [7, 11) is 4.07. The van der Waals surface area contributed by atoms with Crippen molar-refractivity contribution in [3.8, 4) is 11.6 Å². The minimum atomic E-state index is -0.815. The van der Waals surface area contributed by atoms with Gasteiger partial charge in [-0.1, -0.05) is 6.07 Å². The maximum atomic E-state index is 13.8. The minimum Gasteiger partial charge on any atom is -0.436 e. The highest BCUT2D eigenvalue weighted by Gasteiger charge is 2.24. The molecule has 0 aliphatic carbocycles. The summed E-state index contributed by atoms with van der Waals surface area (Å²) >= 11 is 0. The number of amides is 1. The Labute approximate surface area is 163 Å². The van der Waals surface area contributed by atoms with Gasteiger partial charge in [0.25, 0.3) is 0 Å². The third-order valence-corrected chi connectivity index (χ3v) is 4.83. The number of aromatic nitrogens is 1. The molecule has 1 aromatic heterocycles. The van der Waals surface area contributed by atoms with Crippen LogP contribution in [0.4, 0.5) is 8.78 Å². The number of halogens is 2. The summed E-state index contributed by atoms with van der Waals surface area (Å²) in [6.45, 7) is 2.97. The van der Waals surface area contributed by atoms with Gasteiger partial charge in [-0.15, -0.1) is 0 Å². The molecule has 8 heteroatoms. The lowest BCUT2D eigenvalue weighted by Gasteiger charge is -2.37. The van der Waals surface area contributed by atoms with Crippen molar-refractivity contribution in [3.63, 3.8) is 0 Å². The van der Waals surface area contributed by atoms with E-state index in [-0.39, 0.29) is 30.1 Å². The van der Waals surface area contributed by atoms with Crippen molar-refractivity contribution in [2.75, 3.05) is 33.7 Å². The van der Waals surface area contributed by atoms with Gasteiger partial charge in [0, 0.05) is 56.5 Å². The summed E-state index contributed by atoms with van der Waals surface area (Å²) in [6.07, 6.45) is 1.90. The molecule has 1 aromatic carbocycles. The van der Waals surface area contributed by atoms with Crippen LogP contribution in [-0.4, -0.2) is 60.5 Å². The molecule has 1 saturated heterocycles. The van der Waals surface area contributed by atoms with Crippen LogP contribution in [0.5, 0.6) is 11.6 Å². The smallest absolute Gasteiger partial charge is 0.224 e. The molecule has 28 heavy (non-hydrogen) atoms. The number of hydrogen-bond acceptors (Lipinski definition) is 5. The molecule has 2 heterocycles. The Morgan fingerprint density at radius 1 is 1.29 bits per heavy atom. The number of nitrogens with one attached hydrogen (secondary N) is 1. The molecule has 6 nitrogen and oxygen atoms in total. The third kappa shape index (κ3) is 5.24. The highest BCUT2D eigenvalue weighted by Crippen LogP contribution is 2.26. The number of hydrogen-bond donors (Lipinski definition) is 1. The quantitative estimate of drug-likeness (QED) is 0.821. The number of ether oxygens (including phenoxy) is 1. The summed E-state index contributed by atoms with van der Waals surface area (Å²) in [5.74, 6) is -1.53. The maximum Gasteiger partial charge on any atom is 0.224 e. The number of benzene rings is 1. The zero-order chi connectivity index (χ0) is 20.1. The summed E-state index contributed by atoms with van der Waals surface area (Å²) < 4.78 is 32.4. The lowest BCUT2D eigenvalue weighted by atomic mass is 10.1. The first-order chi connectivity index (χ1) is 13.4. The molecule has 1 N–H and O–H groups in total. The molecule has 0 bridgehead atoms. The second-order valence-electron chi connectivity index (χ2n) is 7.02. The minimum absolute atomic E-state index is 0.0742. The molecule has 3 rings (SSSR count). The van der Waals surface area contributed by atoms with E-state index in [1.165, 1.54) is 12.3 Å². The van der Waals surface area contributed by atoms with Gasteiger partial charge in [-0.2, -0.15) is 0 Å². The van der Waals surface area contributed by atoms with Crippen LogP contribution in [0.1, 0.15) is 12.0 Å². The molecule has 150 valence electrons. The van der Waals surface area contributed by atoms with Crippen LogP contribution in [0, 0.1) is 11.6 Å². The van der Waals surface area contributed by atoms with Crippen molar-refractivity contribution in [2.45, 2.75) is 19.0 Å². The Kier molecular flexibility index (Phi) is 6.53. The highest BCUT2D eigenvalue weighted by molar-refractivity contribution is 5.76. The van der Waals surface area contributed by atoms with Crippen molar-refractivity contribution < 1.29 is 18.3 Å². The fourth-order valence-electron chi connectivity index (χ4n) is 3.11. The average molecular weight is 390 g/mol. The van der Waals surface area contributed by atoms with E-state index in [0.717, 1.165) is 31.8 Å². The predicted molar refractivity (Wildman–Crippen MR) is 101 cm³/mol. The Balaban J connectivity index is 1.61. The van der Waals surface area contributed by atoms with Gasteiger partial charge in [0.05, 0.1) is 0 Å². The van der Waals surface area contributed by atoms with Crippen molar-refractivity contribution >= 4 is 5.91 Å². The fraction of sp³-hybridized carbons (Fsp3) is 0.400. The van der Waals surface area contributed by atoms with Gasteiger partial charge < -0.3 is 19.9 Å². The Bertz CT molecular complexity index is 834. The number of likely N-dealkylation sites (N-methyl/N-ethyl adjacent to an activating group) is 2. The number of nitrogens with zero attached hydrogens (tertiary/aromatic N) is 3. The molecule has 1 amide bonds. The van der Waals surface area contributed by atoms with E-state index in [9.17, 15) is 13.6 Å². The predicted octanol–water partition coefficient (Wildman–Crippen LogP) is 2.40. The monoisotopic (exact) mass is 390 g/mol. The summed E-state index contributed by atoms with van der Waals surface area (Å²) in [6, 6.07) is 6.68. The van der Waals surface area contributed by atoms with Gasteiger partial charge in [-0.3, -0.25) is 4.79 Å². The Hall–Kier alpha value is -2.58. The van der Waals surface area contributed by atoms with Crippen LogP contribution in [-0.2, 0) is 11.3 Å². The molecule has 1 fully saturated rings. The van der Waals surface area contributed by atoms with E-state index in [1.807, 2.05) is 14.1 Å². The maximum absolute atomic E-state index is 13.8. The molecule has 0 saturated carbocycles. The van der Waals surface area contributed by atoms with Crippen LogP contribution in [0.3, 0.4) is 0 Å². The van der Waals surface area contributed by atoms with Crippen LogP contribution in [0.25, 0.3) is 0 Å². The van der Waals surface area contributed by atoms with E-state index in [1.54, 1.807) is 12.1 Å². The molecule has 1 aliphatic heterocycles. The van der Waals surface area contributed by atoms with E-state index in [2.05, 4.69) is 20.1 Å². The Morgan fingerprint density at radius 3 is 2.89 bits per heavy atom. The van der Waals surface area contributed by atoms with E-state index >= 15 is 0 Å². The molecule has 0 unspecified atom stereocenters. The molecule has 1 atom stereocenters. The van der Waals surface area contributed by atoms with Crippen molar-refractivity contribution in [1.29, 1.82) is 0 Å². The SMILES string of the molecule is CN1CCN(C)[C@@H](CC(=O)NCc2cccnc2Oc2ccc(F)cc2F)C1. The first kappa shape index (κ1) is 20.2. The average Bonchev–Trinajstić information content (AvgIpc) is 2.66. The number of pyridine rings is 1. The molecular formula is C20H24F2N4O2. The van der Waals surface area contributed by atoms with Crippen molar-refractivity contribution in [1.82, 2.24) is 20.1 Å². The highest BCUT2D eigenvalue weighted by atomic mass is 19.1. The van der Waals surface area contributed by atoms with Gasteiger partial charge >= 0.3 is 0 Å². The first-order valence-corrected chi connectivity index (χ1v) is 9.14. The molecule has 0 spiro atoms. The normalized spacial score (nSPS) is 18.1. The topological polar surface area (TPSA) is 57.7 Å². The third-order valence-electron chi connectivity index (χ3n) is 4.83. The lowest BCUT2D eigenvalue weighted by Crippen LogP contribution is -2.51. The van der Waals surface area contributed by atoms with Crippen molar-refractivity contribution in [2.24, 2.45) is 0 Å². The fourth-order valence-corrected chi connectivity index (χ4v) is 3.11. The first-order valence-electron chi connectivity index (χ1n) is 9.14. The standard InChI is InChI=1S/C20H24F2N4O2/c1-25-8-9-26(2)16(13-25)11-19(27)24-12-14-4-3-7-23-20(14)28-18-6-5-15(21)10-17(18)22/h3-7,10,16H,8-9,11-13H2,1-2H3,(H,24,27)/t16-/m0/s1. The van der Waals surface area contributed by atoms with E-state index in [0.29, 0.717) is 12.0 Å². The van der Waals surface area contributed by atoms with Crippen LogP contribution in [0.15, 0.2) is 36.5 Å². The second-order valence-corrected chi connectivity index (χ2v) is 7.02. The van der Waals surface area contributed by atoms with Gasteiger partial charge in [0.2, 0.25) is 11.8 Å². The second kappa shape index (κ2) is 9.07. The number of rotatable bonds is 6. The number of piperazine rings is 1. The van der Waals surface area contributed by atoms with Gasteiger partial charge in [0.1, 0.15) is 5.82 Å². The zero-order valence-electron chi connectivity index (χ0n) is 16.0. The molecule has 1 aliphatic rings.